The van der Waals surface area contributed by atoms with Gasteiger partial charge in [-0.05, 0) is 12.5 Å². The lowest BCUT2D eigenvalue weighted by molar-refractivity contribution is -0.191. The van der Waals surface area contributed by atoms with Gasteiger partial charge < -0.3 is 9.84 Å². The Morgan fingerprint density at radius 1 is 1.35 bits per heavy atom. The van der Waals surface area contributed by atoms with Crippen LogP contribution in [-0.2, 0) is 16.0 Å². The Balaban J connectivity index is 0.000000612. The first-order valence-corrected chi connectivity index (χ1v) is 5.94. The van der Waals surface area contributed by atoms with Crippen molar-refractivity contribution in [2.45, 2.75) is 13.3 Å². The standard InChI is InChI=1S/C13H14N2O2.CO2/c1-3-9-8-12(17-15-9)10-6-4-5-7-11(10)13(16)14-2;2-1-3/h4-8H,3H2,1-2H3,(H,14,16);. The third-order valence-corrected chi connectivity index (χ3v) is 2.59. The molecule has 104 valence electrons. The van der Waals surface area contributed by atoms with Crippen LogP contribution in [0.2, 0.25) is 0 Å². The summed E-state index contributed by atoms with van der Waals surface area (Å²) in [5, 5.41) is 6.54. The number of nitrogens with zero attached hydrogens (tertiary/aromatic N) is 1. The molecule has 0 bridgehead atoms. The monoisotopic (exact) mass is 274 g/mol. The van der Waals surface area contributed by atoms with E-state index in [4.69, 9.17) is 14.1 Å². The van der Waals surface area contributed by atoms with E-state index < -0.39 is 0 Å². The fourth-order valence-electron chi connectivity index (χ4n) is 1.64. The van der Waals surface area contributed by atoms with Crippen molar-refractivity contribution in [3.05, 3.63) is 41.6 Å². The lowest BCUT2D eigenvalue weighted by atomic mass is 10.0. The van der Waals surface area contributed by atoms with E-state index in [9.17, 15) is 4.79 Å². The van der Waals surface area contributed by atoms with Crippen molar-refractivity contribution < 1.29 is 18.9 Å². The first-order chi connectivity index (χ1) is 9.67. The van der Waals surface area contributed by atoms with Gasteiger partial charge in [0, 0.05) is 18.7 Å². The lowest BCUT2D eigenvalue weighted by Gasteiger charge is -2.04. The average molecular weight is 274 g/mol. The number of nitrogens with one attached hydrogen (secondary N) is 1. The smallest absolute Gasteiger partial charge is 0.356 e. The van der Waals surface area contributed by atoms with Gasteiger partial charge >= 0.3 is 6.15 Å². The molecular formula is C14H14N2O4. The van der Waals surface area contributed by atoms with Gasteiger partial charge in [0.15, 0.2) is 5.76 Å². The van der Waals surface area contributed by atoms with E-state index in [1.54, 1.807) is 13.1 Å². The molecule has 0 aliphatic rings. The van der Waals surface area contributed by atoms with E-state index >= 15 is 0 Å². The highest BCUT2D eigenvalue weighted by Crippen LogP contribution is 2.24. The Kier molecular flexibility index (Phi) is 5.87. The molecule has 0 fully saturated rings. The second kappa shape index (κ2) is 7.66. The van der Waals surface area contributed by atoms with Crippen LogP contribution in [0.15, 0.2) is 34.9 Å². The number of amides is 1. The summed E-state index contributed by atoms with van der Waals surface area (Å²) < 4.78 is 5.25. The SMILES string of the molecule is CCc1cc(-c2ccccc2C(=O)NC)on1.O=C=O. The van der Waals surface area contributed by atoms with Crippen LogP contribution in [0.25, 0.3) is 11.3 Å². The second-order valence-electron chi connectivity index (χ2n) is 3.74. The largest absolute Gasteiger partial charge is 0.373 e. The van der Waals surface area contributed by atoms with E-state index in [2.05, 4.69) is 10.5 Å². The van der Waals surface area contributed by atoms with Crippen LogP contribution < -0.4 is 5.32 Å². The van der Waals surface area contributed by atoms with Crippen LogP contribution in [0.3, 0.4) is 0 Å². The highest BCUT2D eigenvalue weighted by atomic mass is 16.5. The molecular weight excluding hydrogens is 260 g/mol. The molecule has 0 saturated carbocycles. The molecule has 6 heteroatoms. The summed E-state index contributed by atoms with van der Waals surface area (Å²) in [4.78, 5) is 28.0. The molecule has 1 heterocycles. The maximum atomic E-state index is 11.7. The molecule has 1 N–H and O–H groups in total. The number of aromatic nitrogens is 1. The van der Waals surface area contributed by atoms with Gasteiger partial charge in [-0.2, -0.15) is 9.59 Å². The van der Waals surface area contributed by atoms with Crippen molar-refractivity contribution in [1.82, 2.24) is 10.5 Å². The number of carbonyl (C=O) groups is 1. The van der Waals surface area contributed by atoms with E-state index in [1.807, 2.05) is 31.2 Å². The summed E-state index contributed by atoms with van der Waals surface area (Å²) in [5.74, 6) is 0.496. The molecule has 0 unspecified atom stereocenters. The van der Waals surface area contributed by atoms with Crippen molar-refractivity contribution in [1.29, 1.82) is 0 Å². The minimum absolute atomic E-state index is 0.130. The molecule has 0 aliphatic carbocycles. The number of rotatable bonds is 3. The summed E-state index contributed by atoms with van der Waals surface area (Å²) in [7, 11) is 1.61. The topological polar surface area (TPSA) is 89.3 Å². The summed E-state index contributed by atoms with van der Waals surface area (Å²) in [6.07, 6.45) is 1.06. The molecule has 1 amide bonds. The molecule has 0 spiro atoms. The van der Waals surface area contributed by atoms with Crippen molar-refractivity contribution >= 4 is 12.1 Å². The Hall–Kier alpha value is -2.72. The molecule has 20 heavy (non-hydrogen) atoms. The fraction of sp³-hybridized carbons (Fsp3) is 0.214. The van der Waals surface area contributed by atoms with Gasteiger partial charge in [-0.25, -0.2) is 0 Å². The molecule has 2 aromatic rings. The lowest BCUT2D eigenvalue weighted by Crippen LogP contribution is -2.18. The van der Waals surface area contributed by atoms with Gasteiger partial charge in [0.2, 0.25) is 0 Å². The maximum absolute atomic E-state index is 11.7. The van der Waals surface area contributed by atoms with E-state index in [1.165, 1.54) is 0 Å². The first kappa shape index (κ1) is 15.3. The van der Waals surface area contributed by atoms with Crippen LogP contribution in [-0.4, -0.2) is 24.3 Å². The Labute approximate surface area is 115 Å². The van der Waals surface area contributed by atoms with Gasteiger partial charge in [-0.15, -0.1) is 0 Å². The number of benzene rings is 1. The molecule has 0 aliphatic heterocycles. The Morgan fingerprint density at radius 2 is 2.00 bits per heavy atom. The fourth-order valence-corrected chi connectivity index (χ4v) is 1.64. The van der Waals surface area contributed by atoms with Crippen LogP contribution in [0.4, 0.5) is 0 Å². The zero-order chi connectivity index (χ0) is 15.0. The Bertz CT molecular complexity index is 613. The van der Waals surface area contributed by atoms with Crippen molar-refractivity contribution in [3.63, 3.8) is 0 Å². The molecule has 0 saturated heterocycles. The molecule has 0 atom stereocenters. The zero-order valence-electron chi connectivity index (χ0n) is 11.2. The van der Waals surface area contributed by atoms with Crippen molar-refractivity contribution in [2.75, 3.05) is 7.05 Å². The second-order valence-corrected chi connectivity index (χ2v) is 3.74. The summed E-state index contributed by atoms with van der Waals surface area (Å²) in [6, 6.07) is 9.18. The van der Waals surface area contributed by atoms with Crippen LogP contribution in [0.5, 0.6) is 0 Å². The zero-order valence-corrected chi connectivity index (χ0v) is 11.2. The number of hydrogen-bond acceptors (Lipinski definition) is 5. The Morgan fingerprint density at radius 3 is 2.55 bits per heavy atom. The molecule has 0 radical (unpaired) electrons. The summed E-state index contributed by atoms with van der Waals surface area (Å²) in [6.45, 7) is 2.01. The van der Waals surface area contributed by atoms with E-state index in [0.29, 0.717) is 11.3 Å². The van der Waals surface area contributed by atoms with E-state index in [0.717, 1.165) is 17.7 Å². The van der Waals surface area contributed by atoms with Gasteiger partial charge in [0.05, 0.1) is 11.3 Å². The van der Waals surface area contributed by atoms with Crippen LogP contribution in [0, 0.1) is 0 Å². The van der Waals surface area contributed by atoms with Gasteiger partial charge in [-0.3, -0.25) is 4.79 Å². The number of carbonyl (C=O) groups excluding carboxylic acids is 3. The average Bonchev–Trinajstić information content (AvgIpc) is 2.96. The normalized spacial score (nSPS) is 9.10. The summed E-state index contributed by atoms with van der Waals surface area (Å²) in [5.41, 5.74) is 2.24. The predicted molar refractivity (Wildman–Crippen MR) is 69.7 cm³/mol. The maximum Gasteiger partial charge on any atom is 0.373 e. The molecule has 6 nitrogen and oxygen atoms in total. The molecule has 1 aromatic carbocycles. The quantitative estimate of drug-likeness (QED) is 0.919. The number of hydrogen-bond donors (Lipinski definition) is 1. The minimum atomic E-state index is -0.130. The molecule has 1 aromatic heterocycles. The van der Waals surface area contributed by atoms with Crippen molar-refractivity contribution in [3.8, 4) is 11.3 Å². The van der Waals surface area contributed by atoms with Crippen LogP contribution >= 0.6 is 0 Å². The van der Waals surface area contributed by atoms with Crippen molar-refractivity contribution in [2.24, 2.45) is 0 Å². The first-order valence-electron chi connectivity index (χ1n) is 5.94. The third kappa shape index (κ3) is 3.63. The summed E-state index contributed by atoms with van der Waals surface area (Å²) >= 11 is 0. The highest BCUT2D eigenvalue weighted by molar-refractivity contribution is 6.00. The third-order valence-electron chi connectivity index (χ3n) is 2.59. The highest BCUT2D eigenvalue weighted by Gasteiger charge is 2.14. The van der Waals surface area contributed by atoms with Crippen LogP contribution in [0.1, 0.15) is 23.0 Å². The van der Waals surface area contributed by atoms with Gasteiger partial charge in [0.25, 0.3) is 5.91 Å². The molecule has 2 rings (SSSR count). The predicted octanol–water partition coefficient (Wildman–Crippen LogP) is 1.68. The minimum Gasteiger partial charge on any atom is -0.356 e. The van der Waals surface area contributed by atoms with Gasteiger partial charge in [0.1, 0.15) is 0 Å². The van der Waals surface area contributed by atoms with E-state index in [-0.39, 0.29) is 12.1 Å². The number of aryl methyl sites for hydroxylation is 1. The van der Waals surface area contributed by atoms with Gasteiger partial charge in [-0.1, -0.05) is 30.3 Å².